The molecule has 6 heteroatoms. The molecule has 0 fully saturated rings. The number of halogens is 3. The number of amides is 1. The topological polar surface area (TPSA) is 20.3 Å². The number of anilines is 1. The third kappa shape index (κ3) is 3.32. The molecular weight excluding hydrogens is 371 g/mol. The van der Waals surface area contributed by atoms with Crippen molar-refractivity contribution in [3.8, 4) is 0 Å². The van der Waals surface area contributed by atoms with Crippen LogP contribution in [0.2, 0.25) is 0 Å². The summed E-state index contributed by atoms with van der Waals surface area (Å²) in [6.45, 7) is 0. The van der Waals surface area contributed by atoms with E-state index in [0.29, 0.717) is 11.3 Å². The number of benzene rings is 3. The van der Waals surface area contributed by atoms with Crippen molar-refractivity contribution >= 4 is 23.4 Å². The average Bonchev–Trinajstić information content (AvgIpc) is 2.68. The molecule has 1 aliphatic rings. The second kappa shape index (κ2) is 6.78. The van der Waals surface area contributed by atoms with Crippen molar-refractivity contribution in [3.05, 3.63) is 95.6 Å². The molecule has 3 aromatic rings. The van der Waals surface area contributed by atoms with E-state index < -0.39 is 11.7 Å². The number of fused-ring (bicyclic) bond motifs is 1. The summed E-state index contributed by atoms with van der Waals surface area (Å²) in [5.41, 5.74) is 1.16. The minimum Gasteiger partial charge on any atom is -0.291 e. The van der Waals surface area contributed by atoms with Crippen LogP contribution in [0.5, 0.6) is 0 Å². The maximum absolute atomic E-state index is 13.2. The van der Waals surface area contributed by atoms with Gasteiger partial charge < -0.3 is 0 Å². The molecule has 3 aromatic carbocycles. The first-order valence-corrected chi connectivity index (χ1v) is 9.14. The Kier molecular flexibility index (Phi) is 4.44. The fourth-order valence-electron chi connectivity index (χ4n) is 3.05. The second-order valence-corrected chi connectivity index (χ2v) is 7.22. The molecule has 0 N–H and O–H groups in total. The minimum atomic E-state index is -4.41. The van der Waals surface area contributed by atoms with Crippen molar-refractivity contribution in [1.82, 2.24) is 0 Å². The third-order valence-electron chi connectivity index (χ3n) is 4.37. The van der Waals surface area contributed by atoms with Gasteiger partial charge >= 0.3 is 6.18 Å². The van der Waals surface area contributed by atoms with Crippen molar-refractivity contribution in [3.63, 3.8) is 0 Å². The summed E-state index contributed by atoms with van der Waals surface area (Å²) in [6, 6.07) is 21.5. The van der Waals surface area contributed by atoms with Gasteiger partial charge in [0.2, 0.25) is 0 Å². The number of thioether (sulfide) groups is 1. The molecule has 0 bridgehead atoms. The quantitative estimate of drug-likeness (QED) is 0.527. The summed E-state index contributed by atoms with van der Waals surface area (Å²) in [5, 5.41) is -0.356. The number of nitrogens with zero attached hydrogens (tertiary/aromatic N) is 1. The average molecular weight is 385 g/mol. The molecule has 0 saturated carbocycles. The number of rotatable bonds is 2. The van der Waals surface area contributed by atoms with Gasteiger partial charge in [-0.2, -0.15) is 13.2 Å². The number of carbonyl (C=O) groups excluding carboxylic acids is 1. The Bertz CT molecular complexity index is 971. The van der Waals surface area contributed by atoms with E-state index in [0.717, 1.165) is 22.6 Å². The molecule has 2 nitrogen and oxygen atoms in total. The first kappa shape index (κ1) is 17.7. The lowest BCUT2D eigenvalue weighted by Gasteiger charge is -2.36. The second-order valence-electron chi connectivity index (χ2n) is 6.10. The Morgan fingerprint density at radius 2 is 1.44 bits per heavy atom. The lowest BCUT2D eigenvalue weighted by Crippen LogP contribution is -2.36. The van der Waals surface area contributed by atoms with E-state index in [9.17, 15) is 18.0 Å². The van der Waals surface area contributed by atoms with Crippen LogP contribution < -0.4 is 4.90 Å². The van der Waals surface area contributed by atoms with Gasteiger partial charge in [-0.15, -0.1) is 0 Å². The highest BCUT2D eigenvalue weighted by Gasteiger charge is 2.36. The standard InChI is InChI=1S/C21H14F3NOS/c22-21(23,24)15-10-12-16(13-11-15)25-19(26)17-8-4-5-9-18(17)27-20(25)14-6-2-1-3-7-14/h1-13,20H/t20-/m1/s1. The maximum atomic E-state index is 13.2. The highest BCUT2D eigenvalue weighted by Crippen LogP contribution is 2.46. The van der Waals surface area contributed by atoms with E-state index >= 15 is 0 Å². The van der Waals surface area contributed by atoms with Gasteiger partial charge in [-0.3, -0.25) is 9.69 Å². The van der Waals surface area contributed by atoms with E-state index in [2.05, 4.69) is 0 Å². The summed E-state index contributed by atoms with van der Waals surface area (Å²) >= 11 is 1.51. The van der Waals surface area contributed by atoms with E-state index in [1.165, 1.54) is 23.9 Å². The molecule has 27 heavy (non-hydrogen) atoms. The van der Waals surface area contributed by atoms with Crippen molar-refractivity contribution in [2.24, 2.45) is 0 Å². The first-order valence-electron chi connectivity index (χ1n) is 8.26. The fraction of sp³-hybridized carbons (Fsp3) is 0.0952. The molecule has 4 rings (SSSR count). The molecule has 0 aliphatic carbocycles. The molecule has 0 aromatic heterocycles. The molecule has 136 valence electrons. The van der Waals surface area contributed by atoms with Gasteiger partial charge in [-0.1, -0.05) is 54.2 Å². The minimum absolute atomic E-state index is 0.224. The zero-order valence-corrected chi connectivity index (χ0v) is 14.8. The number of alkyl halides is 3. The van der Waals surface area contributed by atoms with Gasteiger partial charge in [-0.05, 0) is 42.0 Å². The van der Waals surface area contributed by atoms with E-state index in [1.807, 2.05) is 42.5 Å². The van der Waals surface area contributed by atoms with Gasteiger partial charge in [0.05, 0.1) is 11.1 Å². The molecule has 0 radical (unpaired) electrons. The predicted octanol–water partition coefficient (Wildman–Crippen LogP) is 6.16. The normalized spacial score (nSPS) is 16.9. The van der Waals surface area contributed by atoms with E-state index in [-0.39, 0.29) is 11.3 Å². The van der Waals surface area contributed by atoms with Crippen LogP contribution in [-0.4, -0.2) is 5.91 Å². The summed E-state index contributed by atoms with van der Waals surface area (Å²) < 4.78 is 38.7. The van der Waals surface area contributed by atoms with Crippen molar-refractivity contribution in [2.75, 3.05) is 4.90 Å². The Morgan fingerprint density at radius 1 is 0.815 bits per heavy atom. The maximum Gasteiger partial charge on any atom is 0.416 e. The Morgan fingerprint density at radius 3 is 2.11 bits per heavy atom. The number of hydrogen-bond acceptors (Lipinski definition) is 2. The van der Waals surface area contributed by atoms with Crippen LogP contribution in [0.4, 0.5) is 18.9 Å². The van der Waals surface area contributed by atoms with Crippen LogP contribution in [0.25, 0.3) is 0 Å². The molecule has 1 heterocycles. The molecule has 1 atom stereocenters. The Balaban J connectivity index is 1.81. The van der Waals surface area contributed by atoms with E-state index in [1.54, 1.807) is 17.0 Å². The molecular formula is C21H14F3NOS. The van der Waals surface area contributed by atoms with Gasteiger partial charge in [0.15, 0.2) is 0 Å². The lowest BCUT2D eigenvalue weighted by atomic mass is 10.1. The SMILES string of the molecule is O=C1c2ccccc2S[C@H](c2ccccc2)N1c1ccc(C(F)(F)F)cc1. The molecule has 0 unspecified atom stereocenters. The highest BCUT2D eigenvalue weighted by molar-refractivity contribution is 7.99. The number of carbonyl (C=O) groups is 1. The molecule has 1 aliphatic heterocycles. The summed E-state index contributed by atoms with van der Waals surface area (Å²) in [6.07, 6.45) is -4.41. The molecule has 0 spiro atoms. The molecule has 1 amide bonds. The zero-order chi connectivity index (χ0) is 19.0. The van der Waals surface area contributed by atoms with Crippen LogP contribution in [0.15, 0.2) is 83.8 Å². The van der Waals surface area contributed by atoms with Crippen molar-refractivity contribution in [1.29, 1.82) is 0 Å². The summed E-state index contributed by atoms with van der Waals surface area (Å²) in [5.74, 6) is -0.224. The summed E-state index contributed by atoms with van der Waals surface area (Å²) in [7, 11) is 0. The number of hydrogen-bond donors (Lipinski definition) is 0. The van der Waals surface area contributed by atoms with Gasteiger partial charge in [0.1, 0.15) is 5.37 Å². The van der Waals surface area contributed by atoms with Crippen LogP contribution >= 0.6 is 11.8 Å². The van der Waals surface area contributed by atoms with Crippen LogP contribution in [0.1, 0.15) is 26.9 Å². The zero-order valence-electron chi connectivity index (χ0n) is 14.0. The van der Waals surface area contributed by atoms with E-state index in [4.69, 9.17) is 0 Å². The van der Waals surface area contributed by atoms with Crippen molar-refractivity contribution in [2.45, 2.75) is 16.4 Å². The molecule has 0 saturated heterocycles. The predicted molar refractivity (Wildman–Crippen MR) is 99.7 cm³/mol. The highest BCUT2D eigenvalue weighted by atomic mass is 32.2. The monoisotopic (exact) mass is 385 g/mol. The van der Waals surface area contributed by atoms with Gasteiger partial charge in [0.25, 0.3) is 5.91 Å². The Labute approximate surface area is 158 Å². The summed E-state index contributed by atoms with van der Waals surface area (Å²) in [4.78, 5) is 15.6. The van der Waals surface area contributed by atoms with Gasteiger partial charge in [-0.25, -0.2) is 0 Å². The fourth-order valence-corrected chi connectivity index (χ4v) is 4.35. The third-order valence-corrected chi connectivity index (χ3v) is 5.68. The van der Waals surface area contributed by atoms with Crippen molar-refractivity contribution < 1.29 is 18.0 Å². The van der Waals surface area contributed by atoms with Crippen LogP contribution in [0.3, 0.4) is 0 Å². The first-order chi connectivity index (χ1) is 12.9. The van der Waals surface area contributed by atoms with Crippen LogP contribution in [0, 0.1) is 0 Å². The largest absolute Gasteiger partial charge is 0.416 e. The Hall–Kier alpha value is -2.73. The van der Waals surface area contributed by atoms with Crippen LogP contribution in [-0.2, 0) is 6.18 Å². The lowest BCUT2D eigenvalue weighted by molar-refractivity contribution is -0.137. The smallest absolute Gasteiger partial charge is 0.291 e. The van der Waals surface area contributed by atoms with Gasteiger partial charge in [0, 0.05) is 10.6 Å².